The molecule has 4 aromatic rings. The maximum Gasteiger partial charge on any atom is 0.416 e. The largest absolute Gasteiger partial charge is 0.416 e. The van der Waals surface area contributed by atoms with Crippen molar-refractivity contribution < 1.29 is 22.8 Å². The average Bonchev–Trinajstić information content (AvgIpc) is 3.33. The molecule has 3 N–H and O–H groups in total. The lowest BCUT2D eigenvalue weighted by Crippen LogP contribution is -2.25. The van der Waals surface area contributed by atoms with Gasteiger partial charge in [0.2, 0.25) is 5.91 Å². The van der Waals surface area contributed by atoms with Crippen molar-refractivity contribution in [2.75, 3.05) is 19.8 Å². The summed E-state index contributed by atoms with van der Waals surface area (Å²) in [6.07, 6.45) is -0.469. The quantitative estimate of drug-likeness (QED) is 0.366. The predicted octanol–water partition coefficient (Wildman–Crippen LogP) is 4.26. The number of amides is 2. The van der Waals surface area contributed by atoms with Crippen LogP contribution in [0.5, 0.6) is 0 Å². The molecule has 2 aromatic carbocycles. The Morgan fingerprint density at radius 3 is 2.54 bits per heavy atom. The van der Waals surface area contributed by atoms with Crippen molar-refractivity contribution in [3.05, 3.63) is 87.9 Å². The Labute approximate surface area is 223 Å². The first-order valence-corrected chi connectivity index (χ1v) is 12.2. The maximum atomic E-state index is 13.7. The molecule has 11 heteroatoms. The van der Waals surface area contributed by atoms with Crippen LogP contribution in [0.15, 0.2) is 48.9 Å². The molecule has 0 bridgehead atoms. The van der Waals surface area contributed by atoms with Crippen LogP contribution in [0.4, 0.5) is 19.0 Å². The number of hydrogen-bond donors (Lipinski definition) is 2. The number of halogens is 3. The van der Waals surface area contributed by atoms with Crippen LogP contribution in [0.3, 0.4) is 0 Å². The fourth-order valence-corrected chi connectivity index (χ4v) is 4.49. The number of fused-ring (bicyclic) bond motifs is 1. The number of likely N-dealkylation sites (N-methyl/N-ethyl adjacent to an activating group) is 1. The van der Waals surface area contributed by atoms with E-state index in [2.05, 4.69) is 15.4 Å². The van der Waals surface area contributed by atoms with Crippen molar-refractivity contribution in [3.63, 3.8) is 0 Å². The van der Waals surface area contributed by atoms with Gasteiger partial charge in [0.25, 0.3) is 5.91 Å². The molecule has 0 unspecified atom stereocenters. The topological polar surface area (TPSA) is 106 Å². The fourth-order valence-electron chi connectivity index (χ4n) is 4.49. The summed E-state index contributed by atoms with van der Waals surface area (Å²) in [5.41, 5.74) is 8.59. The summed E-state index contributed by atoms with van der Waals surface area (Å²) in [6, 6.07) is 7.69. The summed E-state index contributed by atoms with van der Waals surface area (Å²) in [5.74, 6) is -0.338. The highest BCUT2D eigenvalue weighted by Gasteiger charge is 2.34. The lowest BCUT2D eigenvalue weighted by Gasteiger charge is -2.16. The molecule has 39 heavy (non-hydrogen) atoms. The molecule has 8 nitrogen and oxygen atoms in total. The number of pyridine rings is 1. The predicted molar refractivity (Wildman–Crippen MR) is 142 cm³/mol. The minimum Gasteiger partial charge on any atom is -0.383 e. The molecule has 204 valence electrons. The fraction of sp³-hybridized carbons (Fsp3) is 0.286. The summed E-state index contributed by atoms with van der Waals surface area (Å²) in [6.45, 7) is 4.21. The van der Waals surface area contributed by atoms with Crippen LogP contribution in [-0.4, -0.2) is 45.6 Å². The number of benzene rings is 2. The minimum atomic E-state index is -4.62. The van der Waals surface area contributed by atoms with Crippen LogP contribution in [0, 0.1) is 13.8 Å². The molecule has 0 aliphatic heterocycles. The van der Waals surface area contributed by atoms with Gasteiger partial charge in [-0.05, 0) is 65.3 Å². The number of anilines is 1. The standard InChI is InChI=1S/C28H29F3N6O2/c1-16-9-22-21(7-8-33-26(22)32)17(2)23(16)13-34-27(39)20-12-35-37(15-20)14-18-5-6-19(11-25(38)36(3)4)24(10-18)28(29,30)31/h5-10,12,15H,11,13-14H2,1-4H3,(H2,32,33)(H,34,39). The summed E-state index contributed by atoms with van der Waals surface area (Å²) in [5, 5.41) is 8.86. The molecule has 2 amide bonds. The zero-order valence-corrected chi connectivity index (χ0v) is 22.1. The second-order valence-corrected chi connectivity index (χ2v) is 9.65. The van der Waals surface area contributed by atoms with E-state index in [1.807, 2.05) is 26.0 Å². The highest BCUT2D eigenvalue weighted by molar-refractivity contribution is 5.95. The zero-order valence-electron chi connectivity index (χ0n) is 22.1. The average molecular weight is 539 g/mol. The van der Waals surface area contributed by atoms with Gasteiger partial charge in [-0.3, -0.25) is 14.3 Å². The van der Waals surface area contributed by atoms with Gasteiger partial charge >= 0.3 is 6.18 Å². The number of carbonyl (C=O) groups is 2. The van der Waals surface area contributed by atoms with Crippen LogP contribution < -0.4 is 11.1 Å². The van der Waals surface area contributed by atoms with Gasteiger partial charge in [-0.1, -0.05) is 12.1 Å². The molecule has 0 radical (unpaired) electrons. The van der Waals surface area contributed by atoms with Crippen molar-refractivity contribution in [1.82, 2.24) is 25.0 Å². The van der Waals surface area contributed by atoms with Gasteiger partial charge in [-0.25, -0.2) is 4.98 Å². The molecule has 0 atom stereocenters. The van der Waals surface area contributed by atoms with E-state index in [1.54, 1.807) is 6.20 Å². The molecular formula is C28H29F3N6O2. The van der Waals surface area contributed by atoms with E-state index in [0.717, 1.165) is 33.5 Å². The third-order valence-electron chi connectivity index (χ3n) is 6.70. The molecule has 0 aliphatic rings. The monoisotopic (exact) mass is 538 g/mol. The maximum absolute atomic E-state index is 13.7. The van der Waals surface area contributed by atoms with Gasteiger partial charge in [0.05, 0.1) is 30.3 Å². The molecule has 2 heterocycles. The Morgan fingerprint density at radius 2 is 1.85 bits per heavy atom. The summed E-state index contributed by atoms with van der Waals surface area (Å²) in [7, 11) is 2.99. The molecule has 0 aliphatic carbocycles. The molecule has 0 spiro atoms. The molecule has 2 aromatic heterocycles. The second-order valence-electron chi connectivity index (χ2n) is 9.65. The van der Waals surface area contributed by atoms with Gasteiger partial charge in [-0.15, -0.1) is 0 Å². The Balaban J connectivity index is 1.48. The van der Waals surface area contributed by atoms with Gasteiger partial charge in [-0.2, -0.15) is 18.3 Å². The van der Waals surface area contributed by atoms with E-state index in [0.29, 0.717) is 11.4 Å². The number of aromatic nitrogens is 3. The molecule has 0 saturated carbocycles. The highest BCUT2D eigenvalue weighted by Crippen LogP contribution is 2.33. The van der Waals surface area contributed by atoms with Crippen LogP contribution in [-0.2, 0) is 30.5 Å². The Hall–Kier alpha value is -4.41. The van der Waals surface area contributed by atoms with Crippen molar-refractivity contribution in [2.24, 2.45) is 0 Å². The van der Waals surface area contributed by atoms with Gasteiger partial charge in [0, 0.05) is 38.4 Å². The summed E-state index contributed by atoms with van der Waals surface area (Å²) < 4.78 is 42.5. The molecule has 0 fully saturated rings. The van der Waals surface area contributed by atoms with Gasteiger partial charge in [0.1, 0.15) is 5.82 Å². The third-order valence-corrected chi connectivity index (χ3v) is 6.70. The smallest absolute Gasteiger partial charge is 0.383 e. The van der Waals surface area contributed by atoms with Crippen molar-refractivity contribution >= 4 is 28.4 Å². The van der Waals surface area contributed by atoms with Crippen molar-refractivity contribution in [1.29, 1.82) is 0 Å². The number of rotatable bonds is 7. The molecule has 4 rings (SSSR count). The van der Waals surface area contributed by atoms with Crippen LogP contribution in [0.1, 0.15) is 43.7 Å². The Kier molecular flexibility index (Phi) is 7.62. The normalized spacial score (nSPS) is 11.6. The van der Waals surface area contributed by atoms with E-state index in [4.69, 9.17) is 5.73 Å². The van der Waals surface area contributed by atoms with Crippen LogP contribution in [0.25, 0.3) is 10.8 Å². The summed E-state index contributed by atoms with van der Waals surface area (Å²) >= 11 is 0. The first-order chi connectivity index (χ1) is 18.3. The number of carbonyl (C=O) groups excluding carboxylic acids is 2. The Bertz CT molecular complexity index is 1560. The number of nitrogen functional groups attached to an aromatic ring is 1. The third kappa shape index (κ3) is 6.02. The SMILES string of the molecule is Cc1cc2c(N)nccc2c(C)c1CNC(=O)c1cnn(Cc2ccc(CC(=O)N(C)C)c(C(F)(F)F)c2)c1. The van der Waals surface area contributed by atoms with Crippen molar-refractivity contribution in [2.45, 2.75) is 39.5 Å². The number of hydrogen-bond acceptors (Lipinski definition) is 5. The Morgan fingerprint density at radius 1 is 1.10 bits per heavy atom. The number of aryl methyl sites for hydroxylation is 2. The van der Waals surface area contributed by atoms with E-state index in [1.165, 1.54) is 48.2 Å². The van der Waals surface area contributed by atoms with Crippen LogP contribution in [0.2, 0.25) is 0 Å². The lowest BCUT2D eigenvalue weighted by molar-refractivity contribution is -0.138. The first kappa shape index (κ1) is 27.6. The minimum absolute atomic E-state index is 0.0244. The first-order valence-electron chi connectivity index (χ1n) is 12.2. The lowest BCUT2D eigenvalue weighted by atomic mass is 9.96. The van der Waals surface area contributed by atoms with E-state index in [9.17, 15) is 22.8 Å². The molecular weight excluding hydrogens is 509 g/mol. The number of nitrogens with two attached hydrogens (primary N) is 1. The number of nitrogens with zero attached hydrogens (tertiary/aromatic N) is 4. The number of alkyl halides is 3. The zero-order chi connectivity index (χ0) is 28.5. The van der Waals surface area contributed by atoms with E-state index < -0.39 is 17.6 Å². The van der Waals surface area contributed by atoms with Crippen molar-refractivity contribution in [3.8, 4) is 0 Å². The molecule has 0 saturated heterocycles. The summed E-state index contributed by atoms with van der Waals surface area (Å²) in [4.78, 5) is 30.2. The van der Waals surface area contributed by atoms with Gasteiger partial charge in [0.15, 0.2) is 0 Å². The number of nitrogens with one attached hydrogen (secondary N) is 1. The van der Waals surface area contributed by atoms with E-state index in [-0.39, 0.29) is 36.5 Å². The van der Waals surface area contributed by atoms with E-state index >= 15 is 0 Å². The highest BCUT2D eigenvalue weighted by atomic mass is 19.4. The van der Waals surface area contributed by atoms with Gasteiger partial charge < -0.3 is 16.0 Å². The second kappa shape index (κ2) is 10.8. The van der Waals surface area contributed by atoms with Crippen LogP contribution >= 0.6 is 0 Å².